The summed E-state index contributed by atoms with van der Waals surface area (Å²) in [5.74, 6) is 2.58. The summed E-state index contributed by atoms with van der Waals surface area (Å²) in [6, 6.07) is 9.04. The van der Waals surface area contributed by atoms with Crippen LogP contribution in [-0.4, -0.2) is 49.0 Å². The number of piperidine rings is 1. The Morgan fingerprint density at radius 3 is 2.71 bits per heavy atom. The Labute approximate surface area is 206 Å². The second kappa shape index (κ2) is 9.65. The van der Waals surface area contributed by atoms with Crippen molar-refractivity contribution in [1.82, 2.24) is 24.7 Å². The number of benzene rings is 1. The summed E-state index contributed by atoms with van der Waals surface area (Å²) in [5, 5.41) is 12.2. The van der Waals surface area contributed by atoms with Crippen molar-refractivity contribution in [2.75, 3.05) is 23.3 Å². The minimum absolute atomic E-state index is 0.165. The quantitative estimate of drug-likeness (QED) is 0.334. The number of furan rings is 1. The van der Waals surface area contributed by atoms with Crippen LogP contribution in [-0.2, 0) is 11.3 Å². The third-order valence-electron chi connectivity index (χ3n) is 6.18. The van der Waals surface area contributed by atoms with Crippen molar-refractivity contribution in [1.29, 1.82) is 0 Å². The van der Waals surface area contributed by atoms with Gasteiger partial charge < -0.3 is 24.6 Å². The maximum Gasteiger partial charge on any atom is 0.323 e. The van der Waals surface area contributed by atoms with E-state index in [-0.39, 0.29) is 11.6 Å². The number of aromatic nitrogens is 5. The first-order valence-electron chi connectivity index (χ1n) is 11.8. The number of nitrogens with one attached hydrogen (secondary N) is 3. The third-order valence-corrected chi connectivity index (χ3v) is 7.26. The lowest BCUT2D eigenvalue weighted by molar-refractivity contribution is -0.115. The van der Waals surface area contributed by atoms with Gasteiger partial charge >= 0.3 is 5.69 Å². The number of nitrogens with zero attached hydrogens (tertiary/aromatic N) is 4. The second-order valence-corrected chi connectivity index (χ2v) is 10.7. The predicted octanol–water partition coefficient (Wildman–Crippen LogP) is 3.69. The van der Waals surface area contributed by atoms with Crippen LogP contribution in [0.15, 0.2) is 51.0 Å². The Kier molecular flexibility index (Phi) is 6.42. The summed E-state index contributed by atoms with van der Waals surface area (Å²) in [7, 11) is 0. The van der Waals surface area contributed by atoms with Crippen LogP contribution in [0.3, 0.4) is 0 Å². The first-order chi connectivity index (χ1) is 16.9. The molecule has 3 atom stereocenters. The Balaban J connectivity index is 1.35. The molecule has 3 N–H and O–H groups in total. The number of imidazole rings is 1. The van der Waals surface area contributed by atoms with Crippen LogP contribution < -0.4 is 15.9 Å². The van der Waals surface area contributed by atoms with E-state index in [2.05, 4.69) is 44.2 Å². The molecule has 0 aliphatic carbocycles. The molecule has 11 heteroatoms. The van der Waals surface area contributed by atoms with E-state index in [0.29, 0.717) is 40.3 Å². The van der Waals surface area contributed by atoms with Gasteiger partial charge in [0.25, 0.3) is 0 Å². The number of carbonyl (C=O) groups excluding carboxylic acids is 1. The van der Waals surface area contributed by atoms with Crippen LogP contribution in [0.4, 0.5) is 11.6 Å². The standard InChI is InChI=1S/C24H29N7O3S/c1-14-9-15(2)12-30(11-14)23-28-29-24(31(23)13-18-5-4-8-34-18)35-16(3)21(32)25-17-6-7-19-20(10-17)27-22(33)26-19/h4-8,10,14-16H,9,11-13H2,1-3H3,(H,25,32)(H2,26,27,33). The van der Waals surface area contributed by atoms with Gasteiger partial charge in [-0.05, 0) is 55.5 Å². The van der Waals surface area contributed by atoms with Crippen molar-refractivity contribution in [2.24, 2.45) is 11.8 Å². The lowest BCUT2D eigenvalue weighted by atomic mass is 9.92. The number of rotatable bonds is 7. The van der Waals surface area contributed by atoms with Crippen molar-refractivity contribution in [3.63, 3.8) is 0 Å². The number of hydrogen-bond acceptors (Lipinski definition) is 7. The van der Waals surface area contributed by atoms with E-state index < -0.39 is 5.25 Å². The lowest BCUT2D eigenvalue weighted by Gasteiger charge is -2.35. The monoisotopic (exact) mass is 495 g/mol. The molecule has 4 heterocycles. The molecule has 35 heavy (non-hydrogen) atoms. The van der Waals surface area contributed by atoms with Gasteiger partial charge in [0.1, 0.15) is 5.76 Å². The normalized spacial score (nSPS) is 19.2. The molecule has 5 rings (SSSR count). The lowest BCUT2D eigenvalue weighted by Crippen LogP contribution is -2.40. The van der Waals surface area contributed by atoms with Gasteiger partial charge in [-0.15, -0.1) is 10.2 Å². The maximum atomic E-state index is 13.0. The van der Waals surface area contributed by atoms with Crippen LogP contribution >= 0.6 is 11.8 Å². The summed E-state index contributed by atoms with van der Waals surface area (Å²) in [6.07, 6.45) is 2.85. The van der Waals surface area contributed by atoms with Gasteiger partial charge in [-0.1, -0.05) is 25.6 Å². The average Bonchev–Trinajstić information content (AvgIpc) is 3.53. The minimum atomic E-state index is -0.428. The van der Waals surface area contributed by atoms with Gasteiger partial charge in [-0.2, -0.15) is 0 Å². The molecular formula is C24H29N7O3S. The fourth-order valence-corrected chi connectivity index (χ4v) is 5.53. The van der Waals surface area contributed by atoms with Gasteiger partial charge in [0.05, 0.1) is 29.1 Å². The highest BCUT2D eigenvalue weighted by Crippen LogP contribution is 2.31. The van der Waals surface area contributed by atoms with E-state index in [9.17, 15) is 9.59 Å². The summed E-state index contributed by atoms with van der Waals surface area (Å²) < 4.78 is 7.64. The number of anilines is 2. The summed E-state index contributed by atoms with van der Waals surface area (Å²) >= 11 is 1.36. The minimum Gasteiger partial charge on any atom is -0.467 e. The molecule has 0 saturated carbocycles. The smallest absolute Gasteiger partial charge is 0.323 e. The van der Waals surface area contributed by atoms with Crippen molar-refractivity contribution < 1.29 is 9.21 Å². The van der Waals surface area contributed by atoms with Crippen molar-refractivity contribution in [2.45, 2.75) is 44.1 Å². The Bertz CT molecular complexity index is 1360. The zero-order valence-electron chi connectivity index (χ0n) is 19.9. The van der Waals surface area contributed by atoms with E-state index in [0.717, 1.165) is 24.8 Å². The zero-order valence-corrected chi connectivity index (χ0v) is 20.8. The molecule has 1 saturated heterocycles. The molecule has 0 radical (unpaired) electrons. The van der Waals surface area contributed by atoms with Gasteiger partial charge in [0.2, 0.25) is 11.9 Å². The van der Waals surface area contributed by atoms with E-state index >= 15 is 0 Å². The molecule has 3 aromatic heterocycles. The summed E-state index contributed by atoms with van der Waals surface area (Å²) in [5.41, 5.74) is 1.66. The Morgan fingerprint density at radius 1 is 1.20 bits per heavy atom. The van der Waals surface area contributed by atoms with Gasteiger partial charge in [-0.3, -0.25) is 9.36 Å². The molecular weight excluding hydrogens is 466 g/mol. The number of amides is 1. The molecule has 1 amide bonds. The van der Waals surface area contributed by atoms with E-state index in [1.54, 1.807) is 24.5 Å². The molecule has 10 nitrogen and oxygen atoms in total. The topological polar surface area (TPSA) is 125 Å². The zero-order chi connectivity index (χ0) is 24.5. The molecule has 4 aromatic rings. The van der Waals surface area contributed by atoms with Crippen molar-refractivity contribution in [3.05, 3.63) is 52.8 Å². The predicted molar refractivity (Wildman–Crippen MR) is 136 cm³/mol. The van der Waals surface area contributed by atoms with Gasteiger partial charge in [0, 0.05) is 18.8 Å². The number of hydrogen-bond donors (Lipinski definition) is 3. The number of carbonyl (C=O) groups is 1. The fourth-order valence-electron chi connectivity index (χ4n) is 4.69. The maximum absolute atomic E-state index is 13.0. The second-order valence-electron chi connectivity index (χ2n) is 9.39. The largest absolute Gasteiger partial charge is 0.467 e. The van der Waals surface area contributed by atoms with Crippen LogP contribution in [0, 0.1) is 11.8 Å². The molecule has 1 aliphatic rings. The molecule has 184 valence electrons. The highest BCUT2D eigenvalue weighted by Gasteiger charge is 2.28. The van der Waals surface area contributed by atoms with E-state index in [1.165, 1.54) is 18.2 Å². The number of thioether (sulfide) groups is 1. The highest BCUT2D eigenvalue weighted by molar-refractivity contribution is 8.00. The van der Waals surface area contributed by atoms with Crippen molar-refractivity contribution in [3.8, 4) is 0 Å². The number of fused-ring (bicyclic) bond motifs is 1. The molecule has 1 aromatic carbocycles. The molecule has 0 spiro atoms. The first kappa shape index (κ1) is 23.3. The number of aromatic amines is 2. The summed E-state index contributed by atoms with van der Waals surface area (Å²) in [4.78, 5) is 32.2. The molecule has 0 bridgehead atoms. The third kappa shape index (κ3) is 5.14. The van der Waals surface area contributed by atoms with Gasteiger partial charge in [0.15, 0.2) is 5.16 Å². The SMILES string of the molecule is CC1CC(C)CN(c2nnc(SC(C)C(=O)Nc3ccc4[nH]c(=O)[nH]c4c3)n2Cc2ccco2)C1. The van der Waals surface area contributed by atoms with Crippen molar-refractivity contribution >= 4 is 40.3 Å². The van der Waals surface area contributed by atoms with E-state index in [4.69, 9.17) is 4.42 Å². The van der Waals surface area contributed by atoms with E-state index in [1.807, 2.05) is 23.6 Å². The molecule has 3 unspecified atom stereocenters. The fraction of sp³-hybridized carbons (Fsp3) is 0.417. The average molecular weight is 496 g/mol. The van der Waals surface area contributed by atoms with Gasteiger partial charge in [-0.25, -0.2) is 4.79 Å². The van der Waals surface area contributed by atoms with Crippen LogP contribution in [0.2, 0.25) is 0 Å². The first-order valence-corrected chi connectivity index (χ1v) is 12.6. The molecule has 1 fully saturated rings. The Hall–Kier alpha value is -3.47. The Morgan fingerprint density at radius 2 is 1.97 bits per heavy atom. The van der Waals surface area contributed by atoms with Crippen LogP contribution in [0.1, 0.15) is 33.0 Å². The van der Waals surface area contributed by atoms with Crippen LogP contribution in [0.25, 0.3) is 11.0 Å². The summed E-state index contributed by atoms with van der Waals surface area (Å²) in [6.45, 7) is 8.70. The molecule has 1 aliphatic heterocycles. The van der Waals surface area contributed by atoms with Crippen LogP contribution in [0.5, 0.6) is 0 Å². The number of H-pyrrole nitrogens is 2. The highest BCUT2D eigenvalue weighted by atomic mass is 32.2.